The average molecular weight is 274 g/mol. The molecule has 3 rings (SSSR count). The lowest BCUT2D eigenvalue weighted by Gasteiger charge is -2.46. The van der Waals surface area contributed by atoms with Crippen molar-refractivity contribution in [2.24, 2.45) is 11.7 Å². The van der Waals surface area contributed by atoms with Gasteiger partial charge in [0.2, 0.25) is 0 Å². The number of likely N-dealkylation sites (tertiary alicyclic amines) is 1. The van der Waals surface area contributed by atoms with Gasteiger partial charge in [0.05, 0.1) is 17.6 Å². The maximum atomic E-state index is 5.86. The van der Waals surface area contributed by atoms with Crippen molar-refractivity contribution >= 4 is 5.69 Å². The molecule has 4 nitrogen and oxygen atoms in total. The fourth-order valence-electron chi connectivity index (χ4n) is 3.74. The number of anilines is 1. The second-order valence-corrected chi connectivity index (χ2v) is 6.41. The van der Waals surface area contributed by atoms with Crippen LogP contribution in [0.4, 0.5) is 5.69 Å². The summed E-state index contributed by atoms with van der Waals surface area (Å²) >= 11 is 0. The summed E-state index contributed by atoms with van der Waals surface area (Å²) in [6.07, 6.45) is 5.98. The van der Waals surface area contributed by atoms with E-state index in [-0.39, 0.29) is 6.04 Å². The van der Waals surface area contributed by atoms with Gasteiger partial charge >= 0.3 is 0 Å². The van der Waals surface area contributed by atoms with Crippen LogP contribution in [0.3, 0.4) is 0 Å². The largest absolute Gasteiger partial charge is 0.370 e. The zero-order chi connectivity index (χ0) is 14.1. The number of piperidine rings is 2. The molecule has 3 atom stereocenters. The number of hydrogen-bond donors (Lipinski definition) is 1. The second-order valence-electron chi connectivity index (χ2n) is 6.41. The van der Waals surface area contributed by atoms with E-state index in [0.717, 1.165) is 24.2 Å². The SMILES string of the molecule is CC(N)c1ccc(N2CCC3C(CCCN3C)C2)cn1. The van der Waals surface area contributed by atoms with Gasteiger partial charge in [-0.15, -0.1) is 0 Å². The van der Waals surface area contributed by atoms with Crippen LogP contribution >= 0.6 is 0 Å². The topological polar surface area (TPSA) is 45.4 Å². The highest BCUT2D eigenvalue weighted by atomic mass is 15.2. The summed E-state index contributed by atoms with van der Waals surface area (Å²) in [6.45, 7) is 5.57. The highest BCUT2D eigenvalue weighted by Gasteiger charge is 2.34. The van der Waals surface area contributed by atoms with Gasteiger partial charge in [-0.3, -0.25) is 4.98 Å². The van der Waals surface area contributed by atoms with Crippen LogP contribution in [0.5, 0.6) is 0 Å². The van der Waals surface area contributed by atoms with Crippen LogP contribution in [0.15, 0.2) is 18.3 Å². The maximum Gasteiger partial charge on any atom is 0.0569 e. The average Bonchev–Trinajstić information content (AvgIpc) is 2.47. The molecule has 20 heavy (non-hydrogen) atoms. The minimum absolute atomic E-state index is 0.0155. The fraction of sp³-hybridized carbons (Fsp3) is 0.688. The molecule has 0 aromatic carbocycles. The Bertz CT molecular complexity index is 442. The van der Waals surface area contributed by atoms with Crippen molar-refractivity contribution in [1.82, 2.24) is 9.88 Å². The Morgan fingerprint density at radius 1 is 1.30 bits per heavy atom. The molecule has 2 saturated heterocycles. The van der Waals surface area contributed by atoms with Gasteiger partial charge in [0.15, 0.2) is 0 Å². The maximum absolute atomic E-state index is 5.86. The minimum Gasteiger partial charge on any atom is -0.370 e. The summed E-state index contributed by atoms with van der Waals surface area (Å²) in [5.41, 5.74) is 8.09. The quantitative estimate of drug-likeness (QED) is 0.896. The predicted molar refractivity (Wildman–Crippen MR) is 82.8 cm³/mol. The number of rotatable bonds is 2. The highest BCUT2D eigenvalue weighted by molar-refractivity contribution is 5.45. The number of aromatic nitrogens is 1. The molecular weight excluding hydrogens is 248 g/mol. The van der Waals surface area contributed by atoms with Crippen molar-refractivity contribution in [3.8, 4) is 0 Å². The number of fused-ring (bicyclic) bond motifs is 1. The van der Waals surface area contributed by atoms with Crippen LogP contribution in [-0.4, -0.2) is 42.6 Å². The summed E-state index contributed by atoms with van der Waals surface area (Å²) in [5, 5.41) is 0. The van der Waals surface area contributed by atoms with Gasteiger partial charge < -0.3 is 15.5 Å². The number of nitrogens with two attached hydrogens (primary N) is 1. The van der Waals surface area contributed by atoms with E-state index in [1.54, 1.807) is 0 Å². The molecule has 3 unspecified atom stereocenters. The molecule has 2 N–H and O–H groups in total. The molecule has 4 heteroatoms. The Labute approximate surface area is 122 Å². The molecular formula is C16H26N4. The number of pyridine rings is 1. The van der Waals surface area contributed by atoms with Crippen molar-refractivity contribution < 1.29 is 0 Å². The summed E-state index contributed by atoms with van der Waals surface area (Å²) < 4.78 is 0. The van der Waals surface area contributed by atoms with E-state index in [9.17, 15) is 0 Å². The van der Waals surface area contributed by atoms with Gasteiger partial charge in [-0.05, 0) is 57.8 Å². The molecule has 2 aliphatic rings. The highest BCUT2D eigenvalue weighted by Crippen LogP contribution is 2.31. The van der Waals surface area contributed by atoms with Crippen molar-refractivity contribution in [2.75, 3.05) is 31.6 Å². The second kappa shape index (κ2) is 5.70. The van der Waals surface area contributed by atoms with E-state index in [0.29, 0.717) is 0 Å². The summed E-state index contributed by atoms with van der Waals surface area (Å²) in [7, 11) is 2.28. The predicted octanol–water partition coefficient (Wildman–Crippen LogP) is 2.02. The first-order chi connectivity index (χ1) is 9.65. The zero-order valence-electron chi connectivity index (χ0n) is 12.6. The molecule has 1 aromatic heterocycles. The lowest BCUT2D eigenvalue weighted by atomic mass is 9.84. The fourth-order valence-corrected chi connectivity index (χ4v) is 3.74. The lowest BCUT2D eigenvalue weighted by Crippen LogP contribution is -2.52. The van der Waals surface area contributed by atoms with Crippen LogP contribution in [0.2, 0.25) is 0 Å². The van der Waals surface area contributed by atoms with E-state index < -0.39 is 0 Å². The van der Waals surface area contributed by atoms with Crippen LogP contribution in [0.25, 0.3) is 0 Å². The molecule has 1 aromatic rings. The van der Waals surface area contributed by atoms with E-state index >= 15 is 0 Å². The van der Waals surface area contributed by atoms with Gasteiger partial charge in [0.25, 0.3) is 0 Å². The van der Waals surface area contributed by atoms with Crippen molar-refractivity contribution in [1.29, 1.82) is 0 Å². The molecule has 0 aliphatic carbocycles. The van der Waals surface area contributed by atoms with Crippen molar-refractivity contribution in [3.05, 3.63) is 24.0 Å². The molecule has 3 heterocycles. The molecule has 2 fully saturated rings. The third-order valence-electron chi connectivity index (χ3n) is 4.95. The third kappa shape index (κ3) is 2.67. The molecule has 0 radical (unpaired) electrons. The standard InChI is InChI=1S/C16H26N4/c1-12(17)15-6-5-14(10-18-15)20-9-7-16-13(11-20)4-3-8-19(16)2/h5-6,10,12-13,16H,3-4,7-9,11,17H2,1-2H3. The van der Waals surface area contributed by atoms with Gasteiger partial charge in [-0.1, -0.05) is 0 Å². The monoisotopic (exact) mass is 274 g/mol. The first-order valence-corrected chi connectivity index (χ1v) is 7.82. The Morgan fingerprint density at radius 3 is 2.85 bits per heavy atom. The summed E-state index contributed by atoms with van der Waals surface area (Å²) in [4.78, 5) is 9.55. The van der Waals surface area contributed by atoms with Gasteiger partial charge in [0.1, 0.15) is 0 Å². The molecule has 2 aliphatic heterocycles. The van der Waals surface area contributed by atoms with E-state index in [1.165, 1.54) is 38.0 Å². The zero-order valence-corrected chi connectivity index (χ0v) is 12.6. The summed E-state index contributed by atoms with van der Waals surface area (Å²) in [6, 6.07) is 5.05. The van der Waals surface area contributed by atoms with E-state index in [1.807, 2.05) is 13.1 Å². The number of hydrogen-bond acceptors (Lipinski definition) is 4. The molecule has 0 amide bonds. The normalized spacial score (nSPS) is 29.1. The minimum atomic E-state index is 0.0155. The third-order valence-corrected chi connectivity index (χ3v) is 4.95. The van der Waals surface area contributed by atoms with E-state index in [4.69, 9.17) is 5.73 Å². The molecule has 0 bridgehead atoms. The Balaban J connectivity index is 1.69. The number of nitrogens with zero attached hydrogens (tertiary/aromatic N) is 3. The molecule has 110 valence electrons. The van der Waals surface area contributed by atoms with Gasteiger partial charge in [0, 0.05) is 25.2 Å². The van der Waals surface area contributed by atoms with E-state index in [2.05, 4.69) is 34.0 Å². The lowest BCUT2D eigenvalue weighted by molar-refractivity contribution is 0.102. The van der Waals surface area contributed by atoms with Crippen LogP contribution in [0.1, 0.15) is 37.9 Å². The Morgan fingerprint density at radius 2 is 2.15 bits per heavy atom. The Kier molecular flexibility index (Phi) is 3.94. The molecule has 0 spiro atoms. The van der Waals surface area contributed by atoms with Crippen molar-refractivity contribution in [2.45, 2.75) is 38.3 Å². The smallest absolute Gasteiger partial charge is 0.0569 e. The summed E-state index contributed by atoms with van der Waals surface area (Å²) in [5.74, 6) is 0.815. The van der Waals surface area contributed by atoms with Gasteiger partial charge in [-0.2, -0.15) is 0 Å². The van der Waals surface area contributed by atoms with Crippen LogP contribution in [-0.2, 0) is 0 Å². The van der Waals surface area contributed by atoms with Gasteiger partial charge in [-0.25, -0.2) is 0 Å². The van der Waals surface area contributed by atoms with Crippen molar-refractivity contribution in [3.63, 3.8) is 0 Å². The van der Waals surface area contributed by atoms with Crippen LogP contribution in [0, 0.1) is 5.92 Å². The van der Waals surface area contributed by atoms with Crippen LogP contribution < -0.4 is 10.6 Å². The first kappa shape index (κ1) is 13.8. The first-order valence-electron chi connectivity index (χ1n) is 7.82. The molecule has 0 saturated carbocycles. The Hall–Kier alpha value is -1.13.